The lowest BCUT2D eigenvalue weighted by atomic mass is 10.1. The zero-order valence-electron chi connectivity index (χ0n) is 12.0. The SMILES string of the molecule is COc1nc2sc3c(c2c(=O)n1-c1ccccc1)CCSC3. The highest BCUT2D eigenvalue weighted by atomic mass is 32.2. The molecule has 22 heavy (non-hydrogen) atoms. The summed E-state index contributed by atoms with van der Waals surface area (Å²) in [5, 5.41) is 0.768. The first-order valence-electron chi connectivity index (χ1n) is 7.04. The molecule has 112 valence electrons. The van der Waals surface area contributed by atoms with Crippen LogP contribution in [0.5, 0.6) is 6.01 Å². The van der Waals surface area contributed by atoms with Crippen molar-refractivity contribution in [1.29, 1.82) is 0 Å². The van der Waals surface area contributed by atoms with Gasteiger partial charge in [0, 0.05) is 10.6 Å². The number of methoxy groups -OCH3 is 1. The number of aryl methyl sites for hydroxylation is 1. The van der Waals surface area contributed by atoms with Crippen molar-refractivity contribution in [3.63, 3.8) is 0 Å². The van der Waals surface area contributed by atoms with Gasteiger partial charge in [0.05, 0.1) is 18.2 Å². The summed E-state index contributed by atoms with van der Waals surface area (Å²) in [5.74, 6) is 2.04. The monoisotopic (exact) mass is 330 g/mol. The zero-order valence-corrected chi connectivity index (χ0v) is 13.7. The van der Waals surface area contributed by atoms with Gasteiger partial charge in [-0.15, -0.1) is 11.3 Å². The highest BCUT2D eigenvalue weighted by Gasteiger charge is 2.23. The van der Waals surface area contributed by atoms with E-state index in [-0.39, 0.29) is 5.56 Å². The molecule has 3 aromatic rings. The van der Waals surface area contributed by atoms with E-state index in [1.165, 1.54) is 10.4 Å². The normalized spacial score (nSPS) is 14.0. The largest absolute Gasteiger partial charge is 0.468 e. The molecule has 0 saturated carbocycles. The third-order valence-electron chi connectivity index (χ3n) is 3.80. The Labute approximate surface area is 135 Å². The van der Waals surface area contributed by atoms with E-state index >= 15 is 0 Å². The zero-order chi connectivity index (χ0) is 15.1. The Morgan fingerprint density at radius 3 is 2.86 bits per heavy atom. The van der Waals surface area contributed by atoms with Crippen LogP contribution in [0.4, 0.5) is 0 Å². The number of rotatable bonds is 2. The van der Waals surface area contributed by atoms with E-state index in [9.17, 15) is 4.79 Å². The van der Waals surface area contributed by atoms with Crippen LogP contribution in [0.15, 0.2) is 35.1 Å². The lowest BCUT2D eigenvalue weighted by Crippen LogP contribution is -2.22. The number of hydrogen-bond donors (Lipinski definition) is 0. The minimum absolute atomic E-state index is 0.0301. The molecule has 1 aliphatic rings. The Bertz CT molecular complexity index is 900. The number of thiophene rings is 1. The second-order valence-electron chi connectivity index (χ2n) is 5.06. The van der Waals surface area contributed by atoms with Crippen LogP contribution in [0.1, 0.15) is 10.4 Å². The Hall–Kier alpha value is -1.79. The fourth-order valence-electron chi connectivity index (χ4n) is 2.79. The molecule has 0 atom stereocenters. The van der Waals surface area contributed by atoms with Crippen molar-refractivity contribution < 1.29 is 4.74 Å². The van der Waals surface area contributed by atoms with Crippen LogP contribution in [-0.4, -0.2) is 22.4 Å². The van der Waals surface area contributed by atoms with Gasteiger partial charge in [0.25, 0.3) is 5.56 Å². The number of hydrogen-bond acceptors (Lipinski definition) is 5. The fraction of sp³-hybridized carbons (Fsp3) is 0.250. The molecule has 0 N–H and O–H groups in total. The molecule has 2 aromatic heterocycles. The first-order chi connectivity index (χ1) is 10.8. The van der Waals surface area contributed by atoms with Crippen LogP contribution in [0.3, 0.4) is 0 Å². The van der Waals surface area contributed by atoms with Gasteiger partial charge in [-0.2, -0.15) is 16.7 Å². The second kappa shape index (κ2) is 5.44. The summed E-state index contributed by atoms with van der Waals surface area (Å²) in [7, 11) is 1.55. The number of nitrogens with zero attached hydrogens (tertiary/aromatic N) is 2. The minimum atomic E-state index is -0.0301. The summed E-state index contributed by atoms with van der Waals surface area (Å²) in [4.78, 5) is 19.7. The van der Waals surface area contributed by atoms with Crippen molar-refractivity contribution in [2.45, 2.75) is 12.2 Å². The van der Waals surface area contributed by atoms with Crippen molar-refractivity contribution in [3.05, 3.63) is 51.1 Å². The van der Waals surface area contributed by atoms with E-state index in [2.05, 4.69) is 4.98 Å². The van der Waals surface area contributed by atoms with Gasteiger partial charge in [-0.05, 0) is 29.9 Å². The second-order valence-corrected chi connectivity index (χ2v) is 7.25. The molecule has 1 aromatic carbocycles. The molecule has 1 aliphatic heterocycles. The van der Waals surface area contributed by atoms with E-state index in [0.29, 0.717) is 6.01 Å². The van der Waals surface area contributed by atoms with Crippen LogP contribution in [0, 0.1) is 0 Å². The molecule has 0 saturated heterocycles. The molecule has 0 radical (unpaired) electrons. The van der Waals surface area contributed by atoms with Crippen molar-refractivity contribution in [2.24, 2.45) is 0 Å². The van der Waals surface area contributed by atoms with E-state index in [4.69, 9.17) is 4.74 Å². The number of para-hydroxylation sites is 1. The van der Waals surface area contributed by atoms with Crippen LogP contribution < -0.4 is 10.3 Å². The van der Waals surface area contributed by atoms with Crippen molar-refractivity contribution in [1.82, 2.24) is 9.55 Å². The van der Waals surface area contributed by atoms with Gasteiger partial charge < -0.3 is 4.74 Å². The maximum Gasteiger partial charge on any atom is 0.305 e. The van der Waals surface area contributed by atoms with Crippen LogP contribution in [0.2, 0.25) is 0 Å². The molecule has 0 spiro atoms. The van der Waals surface area contributed by atoms with Crippen molar-refractivity contribution >= 4 is 33.3 Å². The molecule has 0 unspecified atom stereocenters. The summed E-state index contributed by atoms with van der Waals surface area (Å²) < 4.78 is 6.94. The smallest absolute Gasteiger partial charge is 0.305 e. The van der Waals surface area contributed by atoms with E-state index in [1.54, 1.807) is 23.0 Å². The predicted octanol–water partition coefficient (Wildman–Crippen LogP) is 3.25. The predicted molar refractivity (Wildman–Crippen MR) is 91.6 cm³/mol. The standard InChI is InChI=1S/C16H14N2O2S2/c1-20-16-17-14-13(11-7-8-21-9-12(11)22-14)15(19)18(16)10-5-3-2-4-6-10/h2-6H,7-9H2,1H3. The Morgan fingerprint density at radius 2 is 2.09 bits per heavy atom. The van der Waals surface area contributed by atoms with Gasteiger partial charge in [-0.25, -0.2) is 4.57 Å². The van der Waals surface area contributed by atoms with Gasteiger partial charge in [-0.3, -0.25) is 4.79 Å². The van der Waals surface area contributed by atoms with E-state index in [0.717, 1.165) is 33.8 Å². The summed E-state index contributed by atoms with van der Waals surface area (Å²) in [6.07, 6.45) is 0.942. The summed E-state index contributed by atoms with van der Waals surface area (Å²) in [6.45, 7) is 0. The highest BCUT2D eigenvalue weighted by Crippen LogP contribution is 2.36. The number of aromatic nitrogens is 2. The molecule has 0 fully saturated rings. The molecule has 4 rings (SSSR count). The van der Waals surface area contributed by atoms with Gasteiger partial charge >= 0.3 is 6.01 Å². The van der Waals surface area contributed by atoms with Crippen molar-refractivity contribution in [3.8, 4) is 11.7 Å². The third-order valence-corrected chi connectivity index (χ3v) is 6.10. The van der Waals surface area contributed by atoms with Crippen LogP contribution in [0.25, 0.3) is 15.9 Å². The fourth-order valence-corrected chi connectivity index (χ4v) is 5.13. The first kappa shape index (κ1) is 13.8. The Kier molecular flexibility index (Phi) is 3.43. The molecule has 0 amide bonds. The Balaban J connectivity index is 2.08. The topological polar surface area (TPSA) is 44.1 Å². The van der Waals surface area contributed by atoms with Gasteiger partial charge in [0.2, 0.25) is 0 Å². The van der Waals surface area contributed by atoms with E-state index < -0.39 is 0 Å². The molecule has 0 aliphatic carbocycles. The van der Waals surface area contributed by atoms with E-state index in [1.807, 2.05) is 42.1 Å². The number of thioether (sulfide) groups is 1. The average molecular weight is 330 g/mol. The lowest BCUT2D eigenvalue weighted by Gasteiger charge is -2.12. The maximum atomic E-state index is 13.1. The summed E-state index contributed by atoms with van der Waals surface area (Å²) >= 11 is 3.53. The summed E-state index contributed by atoms with van der Waals surface area (Å²) in [6, 6.07) is 9.88. The molecule has 4 nitrogen and oxygen atoms in total. The van der Waals surface area contributed by atoms with Crippen LogP contribution in [-0.2, 0) is 12.2 Å². The summed E-state index contributed by atoms with van der Waals surface area (Å²) in [5.41, 5.74) is 1.94. The van der Waals surface area contributed by atoms with Crippen molar-refractivity contribution in [2.75, 3.05) is 12.9 Å². The van der Waals surface area contributed by atoms with Gasteiger partial charge in [-0.1, -0.05) is 18.2 Å². The number of benzene rings is 1. The highest BCUT2D eigenvalue weighted by molar-refractivity contribution is 7.98. The molecular weight excluding hydrogens is 316 g/mol. The molecular formula is C16H14N2O2S2. The Morgan fingerprint density at radius 1 is 1.27 bits per heavy atom. The lowest BCUT2D eigenvalue weighted by molar-refractivity contribution is 0.368. The number of fused-ring (bicyclic) bond motifs is 3. The molecule has 3 heterocycles. The quantitative estimate of drug-likeness (QED) is 0.723. The maximum absolute atomic E-state index is 13.1. The van der Waals surface area contributed by atoms with Gasteiger partial charge in [0.1, 0.15) is 4.83 Å². The molecule has 6 heteroatoms. The molecule has 0 bridgehead atoms. The van der Waals surface area contributed by atoms with Crippen LogP contribution >= 0.6 is 23.1 Å². The minimum Gasteiger partial charge on any atom is -0.468 e. The first-order valence-corrected chi connectivity index (χ1v) is 9.01. The average Bonchev–Trinajstić information content (AvgIpc) is 2.94. The number of ether oxygens (including phenoxy) is 1. The third kappa shape index (κ3) is 2.06. The van der Waals surface area contributed by atoms with Gasteiger partial charge in [0.15, 0.2) is 0 Å².